The Labute approximate surface area is 95.7 Å². The van der Waals surface area contributed by atoms with Crippen LogP contribution in [0.25, 0.3) is 0 Å². The highest BCUT2D eigenvalue weighted by atomic mass is 16.1. The molecule has 0 saturated carbocycles. The molecule has 2 heteroatoms. The fourth-order valence-electron chi connectivity index (χ4n) is 2.36. The lowest BCUT2D eigenvalue weighted by molar-refractivity contribution is 0.0972. The van der Waals surface area contributed by atoms with Crippen molar-refractivity contribution in [2.45, 2.75) is 39.5 Å². The summed E-state index contributed by atoms with van der Waals surface area (Å²) < 4.78 is 0. The van der Waals surface area contributed by atoms with Crippen molar-refractivity contribution in [1.29, 1.82) is 0 Å². The van der Waals surface area contributed by atoms with Crippen molar-refractivity contribution in [3.8, 4) is 0 Å². The maximum absolute atomic E-state index is 11.7. The largest absolute Gasteiger partial charge is 0.295 e. The summed E-state index contributed by atoms with van der Waals surface area (Å²) in [5.74, 6) is 0.240. The molecule has 16 heavy (non-hydrogen) atoms. The van der Waals surface area contributed by atoms with Crippen LogP contribution >= 0.6 is 0 Å². The van der Waals surface area contributed by atoms with Crippen LogP contribution in [0.5, 0.6) is 0 Å². The Hall–Kier alpha value is -1.44. The number of hydrogen-bond donors (Lipinski definition) is 0. The molecule has 0 unspecified atom stereocenters. The monoisotopic (exact) mass is 216 g/mol. The SMILES string of the molecule is CCc1cc2c(cc1C(C)=O)C(=O)CCC2. The minimum Gasteiger partial charge on any atom is -0.295 e. The Morgan fingerprint density at radius 2 is 2.06 bits per heavy atom. The molecule has 0 amide bonds. The number of Topliss-reactive ketones (excluding diaryl/α,β-unsaturated/α-hetero) is 2. The Morgan fingerprint density at radius 1 is 1.31 bits per heavy atom. The van der Waals surface area contributed by atoms with Gasteiger partial charge in [-0.05, 0) is 43.4 Å². The number of carbonyl (C=O) groups is 2. The van der Waals surface area contributed by atoms with E-state index in [-0.39, 0.29) is 11.6 Å². The quantitative estimate of drug-likeness (QED) is 0.712. The van der Waals surface area contributed by atoms with E-state index in [1.807, 2.05) is 13.0 Å². The molecule has 1 aliphatic rings. The zero-order chi connectivity index (χ0) is 11.7. The molecule has 0 N–H and O–H groups in total. The lowest BCUT2D eigenvalue weighted by Crippen LogP contribution is -2.13. The number of aryl methyl sites for hydroxylation is 2. The number of benzene rings is 1. The third-order valence-electron chi connectivity index (χ3n) is 3.24. The highest BCUT2D eigenvalue weighted by Gasteiger charge is 2.20. The van der Waals surface area contributed by atoms with Gasteiger partial charge in [0.05, 0.1) is 0 Å². The van der Waals surface area contributed by atoms with E-state index in [0.29, 0.717) is 6.42 Å². The van der Waals surface area contributed by atoms with Crippen LogP contribution in [0.1, 0.15) is 58.5 Å². The molecule has 0 aliphatic heterocycles. The predicted molar refractivity (Wildman–Crippen MR) is 63.1 cm³/mol. The van der Waals surface area contributed by atoms with Gasteiger partial charge in [0.15, 0.2) is 11.6 Å². The molecule has 0 aromatic heterocycles. The second kappa shape index (κ2) is 4.20. The zero-order valence-electron chi connectivity index (χ0n) is 9.80. The lowest BCUT2D eigenvalue weighted by Gasteiger charge is -2.17. The van der Waals surface area contributed by atoms with Crippen LogP contribution < -0.4 is 0 Å². The van der Waals surface area contributed by atoms with Crippen molar-refractivity contribution in [3.63, 3.8) is 0 Å². The summed E-state index contributed by atoms with van der Waals surface area (Å²) >= 11 is 0. The van der Waals surface area contributed by atoms with Crippen molar-refractivity contribution < 1.29 is 9.59 Å². The normalized spacial score (nSPS) is 14.8. The van der Waals surface area contributed by atoms with Gasteiger partial charge in [0.1, 0.15) is 0 Å². The van der Waals surface area contributed by atoms with Gasteiger partial charge in [0.25, 0.3) is 0 Å². The van der Waals surface area contributed by atoms with E-state index in [4.69, 9.17) is 0 Å². The Kier molecular flexibility index (Phi) is 2.90. The maximum Gasteiger partial charge on any atom is 0.163 e. The first kappa shape index (κ1) is 11.1. The Bertz CT molecular complexity index is 447. The number of ketones is 2. The Balaban J connectivity index is 2.60. The molecule has 2 rings (SSSR count). The average Bonchev–Trinajstić information content (AvgIpc) is 2.27. The van der Waals surface area contributed by atoms with Crippen LogP contribution in [0.3, 0.4) is 0 Å². The van der Waals surface area contributed by atoms with Gasteiger partial charge in [-0.2, -0.15) is 0 Å². The smallest absolute Gasteiger partial charge is 0.163 e. The van der Waals surface area contributed by atoms with Crippen LogP contribution in [0.2, 0.25) is 0 Å². The molecule has 0 radical (unpaired) electrons. The van der Waals surface area contributed by atoms with Crippen LogP contribution in [0, 0.1) is 0 Å². The molecule has 0 spiro atoms. The van der Waals surface area contributed by atoms with Crippen LogP contribution in [-0.2, 0) is 12.8 Å². The van der Waals surface area contributed by atoms with Crippen molar-refractivity contribution >= 4 is 11.6 Å². The van der Waals surface area contributed by atoms with Crippen molar-refractivity contribution in [1.82, 2.24) is 0 Å². The van der Waals surface area contributed by atoms with Gasteiger partial charge in [-0.1, -0.05) is 13.0 Å². The van der Waals surface area contributed by atoms with Gasteiger partial charge in [-0.25, -0.2) is 0 Å². The number of hydrogen-bond acceptors (Lipinski definition) is 2. The molecule has 2 nitrogen and oxygen atoms in total. The summed E-state index contributed by atoms with van der Waals surface area (Å²) in [7, 11) is 0. The van der Waals surface area contributed by atoms with Gasteiger partial charge in [0.2, 0.25) is 0 Å². The van der Waals surface area contributed by atoms with Crippen LogP contribution in [0.15, 0.2) is 12.1 Å². The zero-order valence-corrected chi connectivity index (χ0v) is 9.80. The third kappa shape index (κ3) is 1.80. The lowest BCUT2D eigenvalue weighted by atomic mass is 9.86. The molecule has 1 aliphatic carbocycles. The van der Waals surface area contributed by atoms with E-state index >= 15 is 0 Å². The van der Waals surface area contributed by atoms with Crippen molar-refractivity contribution in [2.24, 2.45) is 0 Å². The summed E-state index contributed by atoms with van der Waals surface area (Å²) in [6, 6.07) is 3.85. The maximum atomic E-state index is 11.7. The first-order chi connectivity index (χ1) is 7.63. The minimum atomic E-state index is 0.0537. The van der Waals surface area contributed by atoms with Crippen molar-refractivity contribution in [2.75, 3.05) is 0 Å². The second-order valence-corrected chi connectivity index (χ2v) is 4.35. The van der Waals surface area contributed by atoms with Crippen LogP contribution in [0.4, 0.5) is 0 Å². The number of fused-ring (bicyclic) bond motifs is 1. The van der Waals surface area contributed by atoms with Gasteiger partial charge in [-0.3, -0.25) is 9.59 Å². The summed E-state index contributed by atoms with van der Waals surface area (Å²) in [5.41, 5.74) is 3.68. The van der Waals surface area contributed by atoms with E-state index < -0.39 is 0 Å². The first-order valence-electron chi connectivity index (χ1n) is 5.83. The molecule has 0 atom stereocenters. The molecule has 1 aromatic carbocycles. The summed E-state index contributed by atoms with van der Waals surface area (Å²) in [6.45, 7) is 3.60. The van der Waals surface area contributed by atoms with E-state index in [0.717, 1.165) is 41.5 Å². The first-order valence-corrected chi connectivity index (χ1v) is 5.83. The molecule has 84 valence electrons. The van der Waals surface area contributed by atoms with E-state index in [1.165, 1.54) is 0 Å². The molecule has 0 heterocycles. The molecular weight excluding hydrogens is 200 g/mol. The van der Waals surface area contributed by atoms with Gasteiger partial charge >= 0.3 is 0 Å². The highest BCUT2D eigenvalue weighted by molar-refractivity contribution is 6.03. The van der Waals surface area contributed by atoms with Gasteiger partial charge in [-0.15, -0.1) is 0 Å². The van der Waals surface area contributed by atoms with Gasteiger partial charge in [0, 0.05) is 17.5 Å². The van der Waals surface area contributed by atoms with E-state index in [2.05, 4.69) is 0 Å². The molecular formula is C14H16O2. The topological polar surface area (TPSA) is 34.1 Å². The fraction of sp³-hybridized carbons (Fsp3) is 0.429. The fourth-order valence-corrected chi connectivity index (χ4v) is 2.36. The number of carbonyl (C=O) groups excluding carboxylic acids is 2. The third-order valence-corrected chi connectivity index (χ3v) is 3.24. The van der Waals surface area contributed by atoms with E-state index in [1.54, 1.807) is 13.0 Å². The summed E-state index contributed by atoms with van der Waals surface area (Å²) in [5, 5.41) is 0. The number of rotatable bonds is 2. The minimum absolute atomic E-state index is 0.0537. The highest BCUT2D eigenvalue weighted by Crippen LogP contribution is 2.25. The average molecular weight is 216 g/mol. The van der Waals surface area contributed by atoms with E-state index in [9.17, 15) is 9.59 Å². The van der Waals surface area contributed by atoms with Crippen molar-refractivity contribution in [3.05, 3.63) is 34.4 Å². The molecule has 0 fully saturated rings. The van der Waals surface area contributed by atoms with Gasteiger partial charge < -0.3 is 0 Å². The second-order valence-electron chi connectivity index (χ2n) is 4.35. The molecule has 0 bridgehead atoms. The molecule has 1 aromatic rings. The standard InChI is InChI=1S/C14H16O2/c1-3-10-7-11-5-4-6-14(16)13(11)8-12(10)9(2)15/h7-8H,3-6H2,1-2H3. The summed E-state index contributed by atoms with van der Waals surface area (Å²) in [6.07, 6.45) is 3.37. The summed E-state index contributed by atoms with van der Waals surface area (Å²) in [4.78, 5) is 23.3. The predicted octanol–water partition coefficient (Wildman–Crippen LogP) is 2.97. The Morgan fingerprint density at radius 3 is 2.69 bits per heavy atom. The van der Waals surface area contributed by atoms with Crippen LogP contribution in [-0.4, -0.2) is 11.6 Å². The molecule has 0 saturated heterocycles.